The molecule has 0 aliphatic heterocycles. The summed E-state index contributed by atoms with van der Waals surface area (Å²) >= 11 is 0. The molecule has 4 rings (SSSR count). The number of hydrogen-bond donors (Lipinski definition) is 2. The topological polar surface area (TPSA) is 57.5 Å². The summed E-state index contributed by atoms with van der Waals surface area (Å²) < 4.78 is 0. The summed E-state index contributed by atoms with van der Waals surface area (Å²) in [5, 5.41) is 20.5. The number of allylic oxidation sites excluding steroid dienone is 4. The van der Waals surface area contributed by atoms with Crippen LogP contribution in [-0.4, -0.2) is 28.7 Å². The van der Waals surface area contributed by atoms with Gasteiger partial charge in [0.15, 0.2) is 5.78 Å². The summed E-state index contributed by atoms with van der Waals surface area (Å²) in [4.78, 5) is 12.3. The van der Waals surface area contributed by atoms with Crippen molar-refractivity contribution in [1.82, 2.24) is 0 Å². The van der Waals surface area contributed by atoms with Crippen LogP contribution in [0.25, 0.3) is 0 Å². The summed E-state index contributed by atoms with van der Waals surface area (Å²) in [5.74, 6) is 1.17. The Morgan fingerprint density at radius 1 is 1.33 bits per heavy atom. The minimum atomic E-state index is -0.357. The number of aliphatic hydroxyl groups excluding tert-OH is 2. The molecule has 7 atom stereocenters. The van der Waals surface area contributed by atoms with E-state index in [1.54, 1.807) is 0 Å². The van der Waals surface area contributed by atoms with E-state index in [1.807, 2.05) is 0 Å². The molecule has 1 unspecified atom stereocenters. The molecule has 0 bridgehead atoms. The van der Waals surface area contributed by atoms with Crippen LogP contribution in [0.3, 0.4) is 0 Å². The van der Waals surface area contributed by atoms with Crippen LogP contribution in [0.5, 0.6) is 0 Å². The van der Waals surface area contributed by atoms with Crippen molar-refractivity contribution in [2.75, 3.05) is 6.61 Å². The van der Waals surface area contributed by atoms with Crippen molar-refractivity contribution < 1.29 is 15.0 Å². The second kappa shape index (κ2) is 5.54. The fourth-order valence-corrected chi connectivity index (χ4v) is 7.07. The van der Waals surface area contributed by atoms with E-state index >= 15 is 0 Å². The normalized spacial score (nSPS) is 49.8. The first-order valence-corrected chi connectivity index (χ1v) is 9.60. The number of ketones is 1. The molecule has 2 N–H and O–H groups in total. The van der Waals surface area contributed by atoms with Crippen LogP contribution in [0.1, 0.15) is 52.4 Å². The Labute approximate surface area is 144 Å². The monoisotopic (exact) mass is 330 g/mol. The first kappa shape index (κ1) is 16.5. The molecular weight excluding hydrogens is 300 g/mol. The van der Waals surface area contributed by atoms with Crippen molar-refractivity contribution in [3.63, 3.8) is 0 Å². The molecule has 0 aromatic heterocycles. The van der Waals surface area contributed by atoms with Crippen molar-refractivity contribution in [2.45, 2.75) is 58.5 Å². The third kappa shape index (κ3) is 2.07. The number of rotatable bonds is 2. The molecule has 0 radical (unpaired) electrons. The van der Waals surface area contributed by atoms with Gasteiger partial charge in [-0.2, -0.15) is 0 Å². The Bertz CT molecular complexity index is 606. The van der Waals surface area contributed by atoms with Crippen LogP contribution in [0.4, 0.5) is 0 Å². The van der Waals surface area contributed by atoms with E-state index in [4.69, 9.17) is 0 Å². The van der Waals surface area contributed by atoms with Gasteiger partial charge in [-0.25, -0.2) is 0 Å². The molecule has 2 fully saturated rings. The molecule has 132 valence electrons. The molecule has 0 aromatic carbocycles. The van der Waals surface area contributed by atoms with Gasteiger partial charge in [0.05, 0.1) is 6.10 Å². The largest absolute Gasteiger partial charge is 0.393 e. The third-order valence-corrected chi connectivity index (χ3v) is 8.13. The molecule has 0 saturated heterocycles. The number of carbonyl (C=O) groups excluding carboxylic acids is 1. The minimum absolute atomic E-state index is 0.0236. The van der Waals surface area contributed by atoms with E-state index < -0.39 is 0 Å². The molecule has 4 aliphatic rings. The van der Waals surface area contributed by atoms with Gasteiger partial charge in [0.2, 0.25) is 0 Å². The Morgan fingerprint density at radius 3 is 2.88 bits per heavy atom. The fraction of sp³-hybridized carbons (Fsp3) is 0.762. The minimum Gasteiger partial charge on any atom is -0.393 e. The number of fused-ring (bicyclic) bond motifs is 5. The van der Waals surface area contributed by atoms with E-state index in [0.29, 0.717) is 24.2 Å². The maximum absolute atomic E-state index is 12.3. The lowest BCUT2D eigenvalue weighted by molar-refractivity contribution is -0.141. The van der Waals surface area contributed by atoms with Gasteiger partial charge >= 0.3 is 0 Å². The lowest BCUT2D eigenvalue weighted by atomic mass is 9.47. The Balaban J connectivity index is 1.72. The number of Topliss-reactive ketones (excluding diaryl/α,β-unsaturated/α-hetero) is 1. The third-order valence-electron chi connectivity index (χ3n) is 8.13. The Hall–Kier alpha value is -0.930. The zero-order chi connectivity index (χ0) is 17.1. The van der Waals surface area contributed by atoms with Gasteiger partial charge in [-0.05, 0) is 72.7 Å². The number of carbonyl (C=O) groups is 1. The van der Waals surface area contributed by atoms with Crippen molar-refractivity contribution in [1.29, 1.82) is 0 Å². The first-order chi connectivity index (χ1) is 11.4. The average molecular weight is 330 g/mol. The van der Waals surface area contributed by atoms with Crippen molar-refractivity contribution >= 4 is 5.78 Å². The van der Waals surface area contributed by atoms with Gasteiger partial charge in [0.1, 0.15) is 6.61 Å². The highest BCUT2D eigenvalue weighted by Gasteiger charge is 2.61. The van der Waals surface area contributed by atoms with E-state index in [1.165, 1.54) is 5.57 Å². The van der Waals surface area contributed by atoms with Crippen LogP contribution in [0.2, 0.25) is 0 Å². The van der Waals surface area contributed by atoms with Crippen LogP contribution in [-0.2, 0) is 4.79 Å². The maximum Gasteiger partial charge on any atom is 0.161 e. The molecule has 0 heterocycles. The highest BCUT2D eigenvalue weighted by atomic mass is 16.3. The molecular formula is C21H30O3. The average Bonchev–Trinajstić information content (AvgIpc) is 2.89. The predicted octanol–water partition coefficient (Wildman–Crippen LogP) is 3.26. The first-order valence-electron chi connectivity index (χ1n) is 9.60. The van der Waals surface area contributed by atoms with E-state index in [0.717, 1.165) is 32.1 Å². The van der Waals surface area contributed by atoms with Gasteiger partial charge < -0.3 is 10.2 Å². The Kier molecular flexibility index (Phi) is 3.81. The molecule has 0 spiro atoms. The van der Waals surface area contributed by atoms with Crippen molar-refractivity contribution in [2.24, 2.45) is 34.5 Å². The molecule has 3 heteroatoms. The maximum atomic E-state index is 12.3. The fourth-order valence-electron chi connectivity index (χ4n) is 7.07. The van der Waals surface area contributed by atoms with Gasteiger partial charge in [-0.15, -0.1) is 0 Å². The zero-order valence-corrected chi connectivity index (χ0v) is 14.9. The highest BCUT2D eigenvalue weighted by molar-refractivity contribution is 5.83. The number of hydrogen-bond acceptors (Lipinski definition) is 3. The summed E-state index contributed by atoms with van der Waals surface area (Å²) in [5.41, 5.74) is 1.35. The highest BCUT2D eigenvalue weighted by Crippen LogP contribution is 2.65. The predicted molar refractivity (Wildman–Crippen MR) is 93.2 cm³/mol. The van der Waals surface area contributed by atoms with Gasteiger partial charge in [-0.1, -0.05) is 32.1 Å². The molecule has 0 aromatic rings. The van der Waals surface area contributed by atoms with Gasteiger partial charge in [0.25, 0.3) is 0 Å². The lowest BCUT2D eigenvalue weighted by Crippen LogP contribution is -2.56. The van der Waals surface area contributed by atoms with Crippen molar-refractivity contribution in [3.8, 4) is 0 Å². The summed E-state index contributed by atoms with van der Waals surface area (Å²) in [6.45, 7) is 4.19. The standard InChI is InChI=1S/C21H30O3/c1-20-10-4-3-5-13(20)6-7-14-15-8-9-16(18(24)12-22)21(15,2)11-17(23)19(14)20/h3,5-6,14-17,19,22-23H,4,7-12H2,1-2H3/t14-,15-,16+,17?,19+,20-,21-/m0/s1. The van der Waals surface area contributed by atoms with Gasteiger partial charge in [-0.3, -0.25) is 4.79 Å². The SMILES string of the molecule is C[C@]12CC(O)[C@H]3[C@@H](CC=C4C=CCC[C@@]43C)[C@@H]1CC[C@@H]2C(=O)CO. The summed E-state index contributed by atoms with van der Waals surface area (Å²) in [6, 6.07) is 0. The second-order valence-electron chi connectivity index (χ2n) is 9.08. The second-order valence-corrected chi connectivity index (χ2v) is 9.08. The van der Waals surface area contributed by atoms with Crippen LogP contribution >= 0.6 is 0 Å². The lowest BCUT2D eigenvalue weighted by Gasteiger charge is -2.58. The molecule has 2 saturated carbocycles. The van der Waals surface area contributed by atoms with Crippen molar-refractivity contribution in [3.05, 3.63) is 23.8 Å². The summed E-state index contributed by atoms with van der Waals surface area (Å²) in [6.07, 6.45) is 12.5. The van der Waals surface area contributed by atoms with Crippen LogP contribution in [0, 0.1) is 34.5 Å². The van der Waals surface area contributed by atoms with E-state index in [9.17, 15) is 15.0 Å². The number of aliphatic hydroxyl groups is 2. The van der Waals surface area contributed by atoms with Gasteiger partial charge in [0, 0.05) is 5.92 Å². The van der Waals surface area contributed by atoms with Crippen LogP contribution < -0.4 is 0 Å². The molecule has 3 nitrogen and oxygen atoms in total. The molecule has 4 aliphatic carbocycles. The van der Waals surface area contributed by atoms with E-state index in [-0.39, 0.29) is 35.2 Å². The Morgan fingerprint density at radius 2 is 2.12 bits per heavy atom. The van der Waals surface area contributed by atoms with E-state index in [2.05, 4.69) is 32.1 Å². The smallest absolute Gasteiger partial charge is 0.161 e. The zero-order valence-electron chi connectivity index (χ0n) is 14.9. The quantitative estimate of drug-likeness (QED) is 0.817. The molecule has 0 amide bonds. The molecule has 24 heavy (non-hydrogen) atoms. The van der Waals surface area contributed by atoms with Crippen LogP contribution in [0.15, 0.2) is 23.8 Å². The summed E-state index contributed by atoms with van der Waals surface area (Å²) in [7, 11) is 0.